The van der Waals surface area contributed by atoms with E-state index in [0.717, 1.165) is 25.6 Å². The number of ether oxygens (including phenoxy) is 1. The Morgan fingerprint density at radius 2 is 1.90 bits per heavy atom. The lowest BCUT2D eigenvalue weighted by atomic mass is 10.3. The minimum Gasteiger partial charge on any atom is -0.378 e. The molecule has 2 fully saturated rings. The first-order valence-electron chi connectivity index (χ1n) is 7.14. The molecule has 1 aliphatic heterocycles. The third-order valence-corrected chi connectivity index (χ3v) is 3.58. The molecule has 1 saturated carbocycles. The number of morpholine rings is 1. The smallest absolute Gasteiger partial charge is 0.243 e. The van der Waals surface area contributed by atoms with Crippen molar-refractivity contribution in [2.24, 2.45) is 11.8 Å². The van der Waals surface area contributed by atoms with Gasteiger partial charge in [0.05, 0.1) is 13.2 Å². The van der Waals surface area contributed by atoms with Crippen molar-refractivity contribution in [3.63, 3.8) is 0 Å². The van der Waals surface area contributed by atoms with Gasteiger partial charge in [0, 0.05) is 19.6 Å². The molecule has 2 heterocycles. The lowest BCUT2D eigenvalue weighted by Gasteiger charge is -2.27. The second kappa shape index (κ2) is 6.19. The van der Waals surface area contributed by atoms with Crippen LogP contribution < -0.4 is 21.5 Å². The zero-order chi connectivity index (χ0) is 13.8. The van der Waals surface area contributed by atoms with Crippen molar-refractivity contribution >= 4 is 17.8 Å². The Bertz CT molecular complexity index is 445. The number of nitrogen functional groups attached to an aromatic ring is 1. The number of anilines is 3. The highest BCUT2D eigenvalue weighted by Crippen LogP contribution is 2.32. The monoisotopic (exact) mass is 279 g/mol. The van der Waals surface area contributed by atoms with Crippen molar-refractivity contribution in [2.75, 3.05) is 48.5 Å². The topological polar surface area (TPSA) is 101 Å². The van der Waals surface area contributed by atoms with Crippen molar-refractivity contribution < 1.29 is 4.74 Å². The second-order valence-corrected chi connectivity index (χ2v) is 5.19. The summed E-state index contributed by atoms with van der Waals surface area (Å²) < 4.78 is 5.34. The molecule has 0 spiro atoms. The molecule has 3 rings (SSSR count). The number of nitrogens with zero attached hydrogens (tertiary/aromatic N) is 4. The van der Waals surface area contributed by atoms with Crippen molar-refractivity contribution in [2.45, 2.75) is 19.3 Å². The Kier molecular flexibility index (Phi) is 4.12. The third-order valence-electron chi connectivity index (χ3n) is 3.58. The first kappa shape index (κ1) is 13.3. The molecule has 1 aromatic heterocycles. The molecule has 20 heavy (non-hydrogen) atoms. The summed E-state index contributed by atoms with van der Waals surface area (Å²) in [5.41, 5.74) is 2.50. The van der Waals surface area contributed by atoms with Gasteiger partial charge in [-0.3, -0.25) is 5.43 Å². The molecule has 0 unspecified atom stereocenters. The average molecular weight is 279 g/mol. The van der Waals surface area contributed by atoms with Crippen molar-refractivity contribution in [3.8, 4) is 0 Å². The second-order valence-electron chi connectivity index (χ2n) is 5.19. The van der Waals surface area contributed by atoms with Crippen LogP contribution in [0.3, 0.4) is 0 Å². The van der Waals surface area contributed by atoms with Crippen LogP contribution in [0.5, 0.6) is 0 Å². The molecule has 1 aliphatic carbocycles. The molecule has 2 aliphatic rings. The SMILES string of the molecule is NNc1nc(NCCC2CC2)nc(N2CCOCC2)n1. The summed E-state index contributed by atoms with van der Waals surface area (Å²) in [5, 5.41) is 3.25. The van der Waals surface area contributed by atoms with Crippen molar-refractivity contribution in [1.82, 2.24) is 15.0 Å². The van der Waals surface area contributed by atoms with Gasteiger partial charge >= 0.3 is 0 Å². The van der Waals surface area contributed by atoms with E-state index >= 15 is 0 Å². The standard InChI is InChI=1S/C12H21N7O/c13-18-11-15-10(14-4-3-9-1-2-9)16-12(17-11)19-5-7-20-8-6-19/h9H,1-8,13H2,(H2,14,15,16,17,18). The number of nitrogens with two attached hydrogens (primary N) is 1. The summed E-state index contributed by atoms with van der Waals surface area (Å²) in [5.74, 6) is 7.92. The van der Waals surface area contributed by atoms with E-state index in [4.69, 9.17) is 10.6 Å². The molecule has 0 bridgehead atoms. The van der Waals surface area contributed by atoms with Gasteiger partial charge in [0.1, 0.15) is 0 Å². The number of aromatic nitrogens is 3. The van der Waals surface area contributed by atoms with Crippen LogP contribution in [0.1, 0.15) is 19.3 Å². The fraction of sp³-hybridized carbons (Fsp3) is 0.750. The maximum Gasteiger partial charge on any atom is 0.243 e. The van der Waals surface area contributed by atoms with Gasteiger partial charge in [0.15, 0.2) is 0 Å². The van der Waals surface area contributed by atoms with Gasteiger partial charge in [-0.1, -0.05) is 12.8 Å². The molecule has 110 valence electrons. The molecule has 8 heteroatoms. The molecule has 1 saturated heterocycles. The Morgan fingerprint density at radius 1 is 1.15 bits per heavy atom. The quantitative estimate of drug-likeness (QED) is 0.501. The van der Waals surface area contributed by atoms with Crippen LogP contribution in [0.25, 0.3) is 0 Å². The predicted molar refractivity (Wildman–Crippen MR) is 76.5 cm³/mol. The summed E-state index contributed by atoms with van der Waals surface area (Å²) >= 11 is 0. The van der Waals surface area contributed by atoms with Crippen LogP contribution in [0.15, 0.2) is 0 Å². The molecule has 0 aromatic carbocycles. The normalized spacial score (nSPS) is 18.9. The first-order chi connectivity index (χ1) is 9.85. The lowest BCUT2D eigenvalue weighted by Crippen LogP contribution is -2.37. The number of hydrogen-bond donors (Lipinski definition) is 3. The third kappa shape index (κ3) is 3.45. The van der Waals surface area contributed by atoms with E-state index in [1.807, 2.05) is 0 Å². The Labute approximate surface area is 118 Å². The van der Waals surface area contributed by atoms with Crippen LogP contribution in [-0.4, -0.2) is 47.8 Å². The molecular formula is C12H21N7O. The van der Waals surface area contributed by atoms with Crippen LogP contribution >= 0.6 is 0 Å². The van der Waals surface area contributed by atoms with Crippen molar-refractivity contribution in [1.29, 1.82) is 0 Å². The highest BCUT2D eigenvalue weighted by atomic mass is 16.5. The van der Waals surface area contributed by atoms with E-state index in [9.17, 15) is 0 Å². The zero-order valence-electron chi connectivity index (χ0n) is 11.5. The zero-order valence-corrected chi connectivity index (χ0v) is 11.5. The van der Waals surface area contributed by atoms with E-state index < -0.39 is 0 Å². The van der Waals surface area contributed by atoms with Crippen LogP contribution in [-0.2, 0) is 4.74 Å². The van der Waals surface area contributed by atoms with Gasteiger partial charge in [-0.05, 0) is 12.3 Å². The van der Waals surface area contributed by atoms with E-state index in [1.165, 1.54) is 19.3 Å². The van der Waals surface area contributed by atoms with Gasteiger partial charge < -0.3 is 15.0 Å². The summed E-state index contributed by atoms with van der Waals surface area (Å²) in [6.45, 7) is 3.86. The fourth-order valence-corrected chi connectivity index (χ4v) is 2.21. The van der Waals surface area contributed by atoms with E-state index in [2.05, 4.69) is 30.6 Å². The summed E-state index contributed by atoms with van der Waals surface area (Å²) in [6, 6.07) is 0. The fourth-order valence-electron chi connectivity index (χ4n) is 2.21. The maximum absolute atomic E-state index is 5.43. The lowest BCUT2D eigenvalue weighted by molar-refractivity contribution is 0.122. The first-order valence-corrected chi connectivity index (χ1v) is 7.14. The van der Waals surface area contributed by atoms with Gasteiger partial charge in [-0.15, -0.1) is 0 Å². The molecular weight excluding hydrogens is 258 g/mol. The van der Waals surface area contributed by atoms with Crippen LogP contribution in [0.4, 0.5) is 17.8 Å². The average Bonchev–Trinajstić information content (AvgIpc) is 3.32. The van der Waals surface area contributed by atoms with Crippen LogP contribution in [0, 0.1) is 5.92 Å². The van der Waals surface area contributed by atoms with E-state index in [0.29, 0.717) is 31.1 Å². The molecule has 8 nitrogen and oxygen atoms in total. The molecule has 0 atom stereocenters. The Hall–Kier alpha value is -1.67. The summed E-state index contributed by atoms with van der Waals surface area (Å²) in [6.07, 6.45) is 3.88. The highest BCUT2D eigenvalue weighted by molar-refractivity contribution is 5.43. The van der Waals surface area contributed by atoms with E-state index in [-0.39, 0.29) is 0 Å². The van der Waals surface area contributed by atoms with Gasteiger partial charge in [0.25, 0.3) is 0 Å². The summed E-state index contributed by atoms with van der Waals surface area (Å²) in [4.78, 5) is 15.1. The number of hydrazine groups is 1. The van der Waals surface area contributed by atoms with Crippen LogP contribution in [0.2, 0.25) is 0 Å². The molecule has 0 radical (unpaired) electrons. The number of nitrogens with one attached hydrogen (secondary N) is 2. The largest absolute Gasteiger partial charge is 0.378 e. The van der Waals surface area contributed by atoms with Gasteiger partial charge in [0.2, 0.25) is 17.8 Å². The minimum atomic E-state index is 0.385. The Morgan fingerprint density at radius 3 is 2.60 bits per heavy atom. The van der Waals surface area contributed by atoms with Gasteiger partial charge in [-0.2, -0.15) is 15.0 Å². The summed E-state index contributed by atoms with van der Waals surface area (Å²) in [7, 11) is 0. The predicted octanol–water partition coefficient (Wildman–Crippen LogP) is 0.206. The van der Waals surface area contributed by atoms with Crippen molar-refractivity contribution in [3.05, 3.63) is 0 Å². The highest BCUT2D eigenvalue weighted by Gasteiger charge is 2.21. The number of rotatable bonds is 6. The Balaban J connectivity index is 1.67. The van der Waals surface area contributed by atoms with E-state index in [1.54, 1.807) is 0 Å². The minimum absolute atomic E-state index is 0.385. The molecule has 1 aromatic rings. The number of hydrogen-bond acceptors (Lipinski definition) is 8. The molecule has 4 N–H and O–H groups in total. The van der Waals surface area contributed by atoms with Gasteiger partial charge in [-0.25, -0.2) is 5.84 Å². The molecule has 0 amide bonds. The maximum atomic E-state index is 5.43.